The number of nitrogens with zero attached hydrogens (tertiary/aromatic N) is 3. The lowest BCUT2D eigenvalue weighted by atomic mass is 10.1. The number of nitro benzene ring substituents is 1. The Labute approximate surface area is 192 Å². The number of benzene rings is 2. The quantitative estimate of drug-likeness (QED) is 0.396. The number of hydrogen-bond donors (Lipinski definition) is 1. The fourth-order valence-corrected chi connectivity index (χ4v) is 3.40. The van der Waals surface area contributed by atoms with Gasteiger partial charge in [-0.15, -0.1) is 0 Å². The summed E-state index contributed by atoms with van der Waals surface area (Å²) in [5, 5.41) is 13.7. The Morgan fingerprint density at radius 2 is 1.73 bits per heavy atom. The minimum Gasteiger partial charge on any atom is -0.341 e. The molecule has 0 fully saturated rings. The van der Waals surface area contributed by atoms with Gasteiger partial charge in [0.05, 0.1) is 4.92 Å². The van der Waals surface area contributed by atoms with Crippen molar-refractivity contribution in [3.05, 3.63) is 105 Å². The number of nitro groups is 1. The van der Waals surface area contributed by atoms with Gasteiger partial charge in [0.25, 0.3) is 11.6 Å². The summed E-state index contributed by atoms with van der Waals surface area (Å²) < 4.78 is 0. The first-order valence-electron chi connectivity index (χ1n) is 10.7. The molecule has 1 atom stereocenters. The minimum absolute atomic E-state index is 0.123. The molecule has 1 heterocycles. The zero-order valence-corrected chi connectivity index (χ0v) is 18.6. The van der Waals surface area contributed by atoms with Gasteiger partial charge in [0.15, 0.2) is 0 Å². The Morgan fingerprint density at radius 3 is 2.36 bits per heavy atom. The maximum absolute atomic E-state index is 13.3. The standard InChI is InChI=1S/C25H26N4O4/c1-3-19-9-11-20(12-10-19)16-28(17-21-6-5-13-26-15-21)25(31)18(2)27-24(30)22-7-4-8-23(14-22)29(32)33/h4-15,18H,3,16-17H2,1-2H3,(H,27,30). The lowest BCUT2D eigenvalue weighted by molar-refractivity contribution is -0.384. The fourth-order valence-electron chi connectivity index (χ4n) is 3.40. The third kappa shape index (κ3) is 6.46. The van der Waals surface area contributed by atoms with Gasteiger partial charge < -0.3 is 10.2 Å². The van der Waals surface area contributed by atoms with Crippen LogP contribution in [-0.2, 0) is 24.3 Å². The van der Waals surface area contributed by atoms with Crippen molar-refractivity contribution in [2.24, 2.45) is 0 Å². The molecule has 1 aromatic heterocycles. The van der Waals surface area contributed by atoms with Crippen LogP contribution in [0.25, 0.3) is 0 Å². The van der Waals surface area contributed by atoms with Gasteiger partial charge in [0, 0.05) is 43.2 Å². The van der Waals surface area contributed by atoms with E-state index in [2.05, 4.69) is 17.2 Å². The van der Waals surface area contributed by atoms with E-state index >= 15 is 0 Å². The molecule has 2 amide bonds. The average molecular weight is 447 g/mol. The van der Waals surface area contributed by atoms with E-state index in [1.165, 1.54) is 29.8 Å². The number of aryl methyl sites for hydroxylation is 1. The van der Waals surface area contributed by atoms with Crippen LogP contribution in [-0.4, -0.2) is 32.7 Å². The van der Waals surface area contributed by atoms with Crippen LogP contribution in [0, 0.1) is 10.1 Å². The highest BCUT2D eigenvalue weighted by molar-refractivity contribution is 5.97. The van der Waals surface area contributed by atoms with E-state index in [9.17, 15) is 19.7 Å². The molecule has 1 N–H and O–H groups in total. The molecule has 0 aliphatic rings. The van der Waals surface area contributed by atoms with Gasteiger partial charge in [0.2, 0.25) is 5.91 Å². The van der Waals surface area contributed by atoms with Crippen LogP contribution >= 0.6 is 0 Å². The highest BCUT2D eigenvalue weighted by Gasteiger charge is 2.24. The molecule has 33 heavy (non-hydrogen) atoms. The molecular weight excluding hydrogens is 420 g/mol. The molecule has 8 heteroatoms. The summed E-state index contributed by atoms with van der Waals surface area (Å²) >= 11 is 0. The Bertz CT molecular complexity index is 1120. The Morgan fingerprint density at radius 1 is 1.03 bits per heavy atom. The van der Waals surface area contributed by atoms with Crippen molar-refractivity contribution >= 4 is 17.5 Å². The molecule has 0 radical (unpaired) electrons. The van der Waals surface area contributed by atoms with Crippen LogP contribution in [0.1, 0.15) is 40.9 Å². The maximum atomic E-state index is 13.3. The number of nitrogens with one attached hydrogen (secondary N) is 1. The molecule has 8 nitrogen and oxygen atoms in total. The van der Waals surface area contributed by atoms with Crippen LogP contribution in [0.5, 0.6) is 0 Å². The summed E-state index contributed by atoms with van der Waals surface area (Å²) in [6, 6.07) is 16.3. The van der Waals surface area contributed by atoms with Gasteiger partial charge in [0.1, 0.15) is 6.04 Å². The van der Waals surface area contributed by atoms with Crippen molar-refractivity contribution in [1.82, 2.24) is 15.2 Å². The largest absolute Gasteiger partial charge is 0.341 e. The van der Waals surface area contributed by atoms with Crippen molar-refractivity contribution in [2.45, 2.75) is 39.4 Å². The highest BCUT2D eigenvalue weighted by atomic mass is 16.6. The second-order valence-corrected chi connectivity index (χ2v) is 7.73. The summed E-state index contributed by atoms with van der Waals surface area (Å²) in [6.07, 6.45) is 4.30. The molecule has 0 saturated carbocycles. The minimum atomic E-state index is -0.830. The second-order valence-electron chi connectivity index (χ2n) is 7.73. The molecule has 0 bridgehead atoms. The number of rotatable bonds is 9. The number of hydrogen-bond acceptors (Lipinski definition) is 5. The lowest BCUT2D eigenvalue weighted by Gasteiger charge is -2.26. The van der Waals surface area contributed by atoms with Crippen molar-refractivity contribution in [3.63, 3.8) is 0 Å². The summed E-state index contributed by atoms with van der Waals surface area (Å²) in [5.41, 5.74) is 2.99. The van der Waals surface area contributed by atoms with Gasteiger partial charge >= 0.3 is 0 Å². The van der Waals surface area contributed by atoms with Crippen molar-refractivity contribution in [3.8, 4) is 0 Å². The third-order valence-electron chi connectivity index (χ3n) is 5.25. The summed E-state index contributed by atoms with van der Waals surface area (Å²) in [5.74, 6) is -0.814. The molecule has 0 saturated heterocycles. The van der Waals surface area contributed by atoms with Gasteiger partial charge in [-0.2, -0.15) is 0 Å². The predicted octanol–water partition coefficient (Wildman–Crippen LogP) is 3.90. The normalized spacial score (nSPS) is 11.5. The molecule has 170 valence electrons. The number of carbonyl (C=O) groups excluding carboxylic acids is 2. The Kier molecular flexibility index (Phi) is 7.86. The van der Waals surface area contributed by atoms with Crippen LogP contribution in [0.3, 0.4) is 0 Å². The van der Waals surface area contributed by atoms with Crippen molar-refractivity contribution in [1.29, 1.82) is 0 Å². The zero-order valence-electron chi connectivity index (χ0n) is 18.6. The molecular formula is C25H26N4O4. The van der Waals surface area contributed by atoms with E-state index in [0.717, 1.165) is 17.5 Å². The van der Waals surface area contributed by atoms with Crippen molar-refractivity contribution in [2.75, 3.05) is 0 Å². The van der Waals surface area contributed by atoms with E-state index in [0.29, 0.717) is 13.1 Å². The van der Waals surface area contributed by atoms with Gasteiger partial charge in [-0.25, -0.2) is 0 Å². The molecule has 0 aliphatic carbocycles. The van der Waals surface area contributed by atoms with Gasteiger partial charge in [-0.05, 0) is 42.2 Å². The molecule has 1 unspecified atom stereocenters. The molecule has 3 rings (SSSR count). The van der Waals surface area contributed by atoms with Crippen LogP contribution in [0.15, 0.2) is 73.1 Å². The van der Waals surface area contributed by atoms with E-state index in [4.69, 9.17) is 0 Å². The Balaban J connectivity index is 1.76. The first-order valence-corrected chi connectivity index (χ1v) is 10.7. The Hall–Kier alpha value is -4.07. The first kappa shape index (κ1) is 23.6. The number of non-ortho nitro benzene ring substituents is 1. The van der Waals surface area contributed by atoms with E-state index in [1.54, 1.807) is 24.2 Å². The maximum Gasteiger partial charge on any atom is 0.270 e. The van der Waals surface area contributed by atoms with Crippen molar-refractivity contribution < 1.29 is 14.5 Å². The van der Waals surface area contributed by atoms with Crippen LogP contribution < -0.4 is 5.32 Å². The van der Waals surface area contributed by atoms with E-state index in [-0.39, 0.29) is 17.2 Å². The zero-order chi connectivity index (χ0) is 23.8. The molecule has 2 aromatic carbocycles. The number of amides is 2. The van der Waals surface area contributed by atoms with Gasteiger partial charge in [-0.1, -0.05) is 43.3 Å². The third-order valence-corrected chi connectivity index (χ3v) is 5.25. The number of pyridine rings is 1. The predicted molar refractivity (Wildman–Crippen MR) is 124 cm³/mol. The number of aromatic nitrogens is 1. The molecule has 0 spiro atoms. The van der Waals surface area contributed by atoms with E-state index < -0.39 is 16.9 Å². The first-order chi connectivity index (χ1) is 15.9. The molecule has 0 aliphatic heterocycles. The van der Waals surface area contributed by atoms with E-state index in [1.807, 2.05) is 36.4 Å². The molecule has 3 aromatic rings. The summed E-state index contributed by atoms with van der Waals surface area (Å²) in [7, 11) is 0. The topological polar surface area (TPSA) is 105 Å². The van der Waals surface area contributed by atoms with Crippen LogP contribution in [0.4, 0.5) is 5.69 Å². The van der Waals surface area contributed by atoms with Gasteiger partial charge in [-0.3, -0.25) is 24.7 Å². The highest BCUT2D eigenvalue weighted by Crippen LogP contribution is 2.15. The summed E-state index contributed by atoms with van der Waals surface area (Å²) in [4.78, 5) is 42.1. The summed E-state index contributed by atoms with van der Waals surface area (Å²) in [6.45, 7) is 4.39. The fraction of sp³-hybridized carbons (Fsp3) is 0.240. The monoisotopic (exact) mass is 446 g/mol. The average Bonchev–Trinajstić information content (AvgIpc) is 2.84. The lowest BCUT2D eigenvalue weighted by Crippen LogP contribution is -2.46. The second kappa shape index (κ2) is 11.0. The SMILES string of the molecule is CCc1ccc(CN(Cc2cccnc2)C(=O)C(C)NC(=O)c2cccc([N+](=O)[O-])c2)cc1. The van der Waals surface area contributed by atoms with Crippen LogP contribution in [0.2, 0.25) is 0 Å². The number of carbonyl (C=O) groups is 2. The smallest absolute Gasteiger partial charge is 0.270 e.